The molecule has 0 bridgehead atoms. The third kappa shape index (κ3) is 4.09. The molecule has 2 atom stereocenters. The number of anilines is 1. The van der Waals surface area contributed by atoms with E-state index in [0.717, 1.165) is 17.7 Å². The molecule has 4 rings (SSSR count). The van der Waals surface area contributed by atoms with Gasteiger partial charge in [-0.1, -0.05) is 30.3 Å². The SMILES string of the molecule is C[C@@H](c1ccccc1)N1C[C@H](C(=O)Nc2nc(-c3ccc(F)c(F)c3)cs2)CC1=O. The first-order valence-electron chi connectivity index (χ1n) is 9.48. The van der Waals surface area contributed by atoms with Crippen molar-refractivity contribution in [3.8, 4) is 11.3 Å². The number of rotatable bonds is 5. The Labute approximate surface area is 176 Å². The Morgan fingerprint density at radius 3 is 2.70 bits per heavy atom. The van der Waals surface area contributed by atoms with Crippen LogP contribution >= 0.6 is 11.3 Å². The number of benzene rings is 2. The second kappa shape index (κ2) is 8.31. The molecule has 3 aromatic rings. The molecule has 1 N–H and O–H groups in total. The van der Waals surface area contributed by atoms with Crippen LogP contribution in [0.25, 0.3) is 11.3 Å². The van der Waals surface area contributed by atoms with Crippen molar-refractivity contribution in [1.29, 1.82) is 0 Å². The molecule has 0 spiro atoms. The lowest BCUT2D eigenvalue weighted by molar-refractivity contribution is -0.129. The second-order valence-corrected chi connectivity index (χ2v) is 8.05. The average molecular weight is 427 g/mol. The van der Waals surface area contributed by atoms with Crippen molar-refractivity contribution in [2.24, 2.45) is 5.92 Å². The molecule has 0 aliphatic carbocycles. The zero-order valence-electron chi connectivity index (χ0n) is 16.1. The van der Waals surface area contributed by atoms with Gasteiger partial charge in [0.2, 0.25) is 11.8 Å². The predicted octanol–water partition coefficient (Wildman–Crippen LogP) is 4.64. The number of carbonyl (C=O) groups is 2. The number of nitrogens with one attached hydrogen (secondary N) is 1. The van der Waals surface area contributed by atoms with Gasteiger partial charge in [0, 0.05) is 23.9 Å². The van der Waals surface area contributed by atoms with Crippen LogP contribution in [-0.2, 0) is 9.59 Å². The van der Waals surface area contributed by atoms with Crippen LogP contribution in [0.2, 0.25) is 0 Å². The van der Waals surface area contributed by atoms with Gasteiger partial charge in [-0.2, -0.15) is 0 Å². The van der Waals surface area contributed by atoms with Gasteiger partial charge in [-0.3, -0.25) is 9.59 Å². The van der Waals surface area contributed by atoms with E-state index in [1.165, 1.54) is 17.4 Å². The van der Waals surface area contributed by atoms with Crippen molar-refractivity contribution in [2.45, 2.75) is 19.4 Å². The summed E-state index contributed by atoms with van der Waals surface area (Å²) in [4.78, 5) is 31.1. The van der Waals surface area contributed by atoms with E-state index in [0.29, 0.717) is 22.9 Å². The minimum atomic E-state index is -0.955. The molecule has 2 amide bonds. The first kappa shape index (κ1) is 20.2. The van der Waals surface area contributed by atoms with Gasteiger partial charge < -0.3 is 10.2 Å². The van der Waals surface area contributed by atoms with E-state index < -0.39 is 17.6 Å². The molecule has 154 valence electrons. The first-order chi connectivity index (χ1) is 14.4. The Balaban J connectivity index is 1.42. The lowest BCUT2D eigenvalue weighted by atomic mass is 10.1. The van der Waals surface area contributed by atoms with Crippen LogP contribution in [0.3, 0.4) is 0 Å². The highest BCUT2D eigenvalue weighted by Gasteiger charge is 2.37. The Morgan fingerprint density at radius 1 is 1.20 bits per heavy atom. The van der Waals surface area contributed by atoms with Crippen LogP contribution in [-0.4, -0.2) is 28.2 Å². The Bertz CT molecular complexity index is 1090. The number of likely N-dealkylation sites (tertiary alicyclic amines) is 1. The maximum atomic E-state index is 13.4. The van der Waals surface area contributed by atoms with Gasteiger partial charge in [0.25, 0.3) is 0 Å². The molecule has 1 aliphatic rings. The maximum absolute atomic E-state index is 13.4. The molecular weight excluding hydrogens is 408 g/mol. The number of halogens is 2. The van der Waals surface area contributed by atoms with Crippen LogP contribution in [0.15, 0.2) is 53.9 Å². The third-order valence-corrected chi connectivity index (χ3v) is 5.99. The average Bonchev–Trinajstić information content (AvgIpc) is 3.37. The van der Waals surface area contributed by atoms with Gasteiger partial charge in [-0.25, -0.2) is 13.8 Å². The van der Waals surface area contributed by atoms with E-state index in [1.807, 2.05) is 37.3 Å². The molecular formula is C22H19F2N3O2S. The number of hydrogen-bond acceptors (Lipinski definition) is 4. The summed E-state index contributed by atoms with van der Waals surface area (Å²) >= 11 is 1.19. The largest absolute Gasteiger partial charge is 0.335 e. The lowest BCUT2D eigenvalue weighted by Crippen LogP contribution is -2.30. The molecule has 0 unspecified atom stereocenters. The molecule has 0 radical (unpaired) electrons. The van der Waals surface area contributed by atoms with E-state index in [-0.39, 0.29) is 24.3 Å². The highest BCUT2D eigenvalue weighted by Crippen LogP contribution is 2.30. The molecule has 5 nitrogen and oxygen atoms in total. The summed E-state index contributed by atoms with van der Waals surface area (Å²) in [5, 5.41) is 4.75. The van der Waals surface area contributed by atoms with E-state index in [4.69, 9.17) is 0 Å². The van der Waals surface area contributed by atoms with Crippen LogP contribution in [0, 0.1) is 17.6 Å². The minimum Gasteiger partial charge on any atom is -0.335 e. The summed E-state index contributed by atoms with van der Waals surface area (Å²) in [5.74, 6) is -2.70. The number of hydrogen-bond donors (Lipinski definition) is 1. The summed E-state index contributed by atoms with van der Waals surface area (Å²) in [5.41, 5.74) is 1.88. The number of amides is 2. The topological polar surface area (TPSA) is 62.3 Å². The van der Waals surface area contributed by atoms with Crippen LogP contribution in [0.1, 0.15) is 24.9 Å². The van der Waals surface area contributed by atoms with Crippen molar-refractivity contribution >= 4 is 28.3 Å². The van der Waals surface area contributed by atoms with Crippen LogP contribution in [0.4, 0.5) is 13.9 Å². The van der Waals surface area contributed by atoms with Crippen molar-refractivity contribution in [3.63, 3.8) is 0 Å². The second-order valence-electron chi connectivity index (χ2n) is 7.19. The summed E-state index contributed by atoms with van der Waals surface area (Å²) < 4.78 is 26.6. The van der Waals surface area contributed by atoms with Crippen LogP contribution in [0.5, 0.6) is 0 Å². The van der Waals surface area contributed by atoms with Crippen molar-refractivity contribution in [1.82, 2.24) is 9.88 Å². The van der Waals surface area contributed by atoms with Crippen LogP contribution < -0.4 is 5.32 Å². The lowest BCUT2D eigenvalue weighted by Gasteiger charge is -2.25. The van der Waals surface area contributed by atoms with Crippen molar-refractivity contribution in [3.05, 3.63) is 71.1 Å². The maximum Gasteiger partial charge on any atom is 0.231 e. The molecule has 0 saturated carbocycles. The molecule has 1 fully saturated rings. The number of thiazole rings is 1. The van der Waals surface area contributed by atoms with E-state index in [2.05, 4.69) is 10.3 Å². The van der Waals surface area contributed by atoms with Gasteiger partial charge in [-0.05, 0) is 30.7 Å². The fourth-order valence-electron chi connectivity index (χ4n) is 3.52. The Morgan fingerprint density at radius 2 is 1.97 bits per heavy atom. The first-order valence-corrected chi connectivity index (χ1v) is 10.4. The third-order valence-electron chi connectivity index (χ3n) is 5.23. The smallest absolute Gasteiger partial charge is 0.231 e. The number of carbonyl (C=O) groups excluding carboxylic acids is 2. The fraction of sp³-hybridized carbons (Fsp3) is 0.227. The van der Waals surface area contributed by atoms with E-state index in [9.17, 15) is 18.4 Å². The molecule has 2 heterocycles. The zero-order chi connectivity index (χ0) is 21.3. The highest BCUT2D eigenvalue weighted by molar-refractivity contribution is 7.14. The highest BCUT2D eigenvalue weighted by atomic mass is 32.1. The van der Waals surface area contributed by atoms with Crippen molar-refractivity contribution in [2.75, 3.05) is 11.9 Å². The fourth-order valence-corrected chi connectivity index (χ4v) is 4.24. The summed E-state index contributed by atoms with van der Waals surface area (Å²) in [7, 11) is 0. The van der Waals surface area contributed by atoms with E-state index in [1.54, 1.807) is 10.3 Å². The molecule has 1 aromatic heterocycles. The van der Waals surface area contributed by atoms with Crippen molar-refractivity contribution < 1.29 is 18.4 Å². The van der Waals surface area contributed by atoms with Gasteiger partial charge >= 0.3 is 0 Å². The van der Waals surface area contributed by atoms with E-state index >= 15 is 0 Å². The monoisotopic (exact) mass is 427 g/mol. The number of nitrogens with zero attached hydrogens (tertiary/aromatic N) is 2. The van der Waals surface area contributed by atoms with Gasteiger partial charge in [-0.15, -0.1) is 11.3 Å². The summed E-state index contributed by atoms with van der Waals surface area (Å²) in [6.07, 6.45) is 0.143. The van der Waals surface area contributed by atoms with Gasteiger partial charge in [0.15, 0.2) is 16.8 Å². The summed E-state index contributed by atoms with van der Waals surface area (Å²) in [6, 6.07) is 13.1. The minimum absolute atomic E-state index is 0.0619. The molecule has 1 aliphatic heterocycles. The quantitative estimate of drug-likeness (QED) is 0.646. The zero-order valence-corrected chi connectivity index (χ0v) is 17.0. The Kier molecular flexibility index (Phi) is 5.59. The molecule has 2 aromatic carbocycles. The molecule has 8 heteroatoms. The molecule has 30 heavy (non-hydrogen) atoms. The Hall–Kier alpha value is -3.13. The number of aromatic nitrogens is 1. The van der Waals surface area contributed by atoms with Gasteiger partial charge in [0.05, 0.1) is 17.7 Å². The standard InChI is InChI=1S/C22H19F2N3O2S/c1-13(14-5-3-2-4-6-14)27-11-16(10-20(27)28)21(29)26-22-25-19(12-30-22)15-7-8-17(23)18(24)9-15/h2-9,12-13,16H,10-11H2,1H3,(H,25,26,29)/t13-,16+/m0/s1. The predicted molar refractivity (Wildman–Crippen MR) is 111 cm³/mol. The summed E-state index contributed by atoms with van der Waals surface area (Å²) in [6.45, 7) is 2.28. The normalized spacial score (nSPS) is 17.2. The molecule has 1 saturated heterocycles. The van der Waals surface area contributed by atoms with Gasteiger partial charge in [0.1, 0.15) is 0 Å².